The lowest BCUT2D eigenvalue weighted by Gasteiger charge is -2.00. The molecule has 1 N–H and O–H groups in total. The largest absolute Gasteiger partial charge is 0.497 e. The second-order valence-corrected chi connectivity index (χ2v) is 6.38. The van der Waals surface area contributed by atoms with Crippen molar-refractivity contribution in [3.63, 3.8) is 0 Å². The van der Waals surface area contributed by atoms with Gasteiger partial charge in [-0.2, -0.15) is 0 Å². The van der Waals surface area contributed by atoms with Crippen LogP contribution in [0.2, 0.25) is 5.02 Å². The maximum atomic E-state index is 12.0. The molecule has 1 heterocycles. The first-order valence-corrected chi connectivity index (χ1v) is 8.75. The maximum Gasteiger partial charge on any atom is 0.250 e. The molecular formula is C19H15ClN2O2S. The molecule has 0 aliphatic heterocycles. The fourth-order valence-electron chi connectivity index (χ4n) is 2.15. The summed E-state index contributed by atoms with van der Waals surface area (Å²) in [6.07, 6.45) is 3.12. The van der Waals surface area contributed by atoms with Gasteiger partial charge in [0.05, 0.1) is 12.8 Å². The number of anilines is 1. The first kappa shape index (κ1) is 17.2. The summed E-state index contributed by atoms with van der Waals surface area (Å²) < 4.78 is 5.14. The standard InChI is InChI=1S/C19H15ClN2O2S/c1-24-15-9-6-14(7-10-15)17-12-25-19(21-17)22-18(23)11-8-13-4-2-3-5-16(13)20/h2-12H,1H3,(H,21,22,23). The van der Waals surface area contributed by atoms with Crippen LogP contribution in [0.1, 0.15) is 5.56 Å². The molecule has 2 aromatic carbocycles. The van der Waals surface area contributed by atoms with E-state index in [0.717, 1.165) is 22.6 Å². The van der Waals surface area contributed by atoms with Crippen molar-refractivity contribution in [3.05, 3.63) is 70.6 Å². The molecule has 0 spiro atoms. The summed E-state index contributed by atoms with van der Waals surface area (Å²) in [6.45, 7) is 0. The van der Waals surface area contributed by atoms with E-state index < -0.39 is 0 Å². The molecule has 0 aliphatic rings. The van der Waals surface area contributed by atoms with Gasteiger partial charge in [-0.15, -0.1) is 11.3 Å². The van der Waals surface area contributed by atoms with Crippen molar-refractivity contribution in [2.45, 2.75) is 0 Å². The number of carbonyl (C=O) groups is 1. The summed E-state index contributed by atoms with van der Waals surface area (Å²) in [7, 11) is 1.63. The molecule has 25 heavy (non-hydrogen) atoms. The first-order valence-electron chi connectivity index (χ1n) is 7.49. The van der Waals surface area contributed by atoms with Crippen LogP contribution < -0.4 is 10.1 Å². The van der Waals surface area contributed by atoms with E-state index in [1.807, 2.05) is 47.8 Å². The number of hydrogen-bond donors (Lipinski definition) is 1. The van der Waals surface area contributed by atoms with E-state index in [1.54, 1.807) is 19.3 Å². The Bertz CT molecular complexity index is 904. The second-order valence-electron chi connectivity index (χ2n) is 5.11. The smallest absolute Gasteiger partial charge is 0.250 e. The molecule has 6 heteroatoms. The van der Waals surface area contributed by atoms with Crippen LogP contribution in [0.25, 0.3) is 17.3 Å². The van der Waals surface area contributed by atoms with Gasteiger partial charge in [-0.25, -0.2) is 4.98 Å². The van der Waals surface area contributed by atoms with Crippen molar-refractivity contribution >= 4 is 40.1 Å². The minimum atomic E-state index is -0.254. The molecule has 126 valence electrons. The molecule has 0 unspecified atom stereocenters. The molecule has 0 fully saturated rings. The van der Waals surface area contributed by atoms with Gasteiger partial charge in [-0.1, -0.05) is 29.8 Å². The SMILES string of the molecule is COc1ccc(-c2csc(NC(=O)C=Cc3ccccc3Cl)n2)cc1. The number of thiazole rings is 1. The van der Waals surface area contributed by atoms with Crippen LogP contribution in [0, 0.1) is 0 Å². The van der Waals surface area contributed by atoms with Crippen LogP contribution in [-0.2, 0) is 4.79 Å². The molecule has 3 rings (SSSR count). The Morgan fingerprint density at radius 3 is 2.68 bits per heavy atom. The van der Waals surface area contributed by atoms with Gasteiger partial charge in [-0.05, 0) is 42.0 Å². The van der Waals surface area contributed by atoms with E-state index >= 15 is 0 Å². The Hall–Kier alpha value is -2.63. The van der Waals surface area contributed by atoms with Crippen LogP contribution in [0.3, 0.4) is 0 Å². The normalized spacial score (nSPS) is 10.8. The molecular weight excluding hydrogens is 356 g/mol. The highest BCUT2D eigenvalue weighted by atomic mass is 35.5. The number of hydrogen-bond acceptors (Lipinski definition) is 4. The number of ether oxygens (including phenoxy) is 1. The van der Waals surface area contributed by atoms with Gasteiger partial charge in [0.25, 0.3) is 0 Å². The Balaban J connectivity index is 1.66. The average molecular weight is 371 g/mol. The molecule has 0 aliphatic carbocycles. The molecule has 0 saturated heterocycles. The molecule has 1 amide bonds. The number of carbonyl (C=O) groups excluding carboxylic acids is 1. The number of methoxy groups -OCH3 is 1. The molecule has 0 saturated carbocycles. The van der Waals surface area contributed by atoms with E-state index in [-0.39, 0.29) is 5.91 Å². The van der Waals surface area contributed by atoms with Crippen LogP contribution in [0.4, 0.5) is 5.13 Å². The summed E-state index contributed by atoms with van der Waals surface area (Å²) in [5.74, 6) is 0.535. The Labute approximate surface area is 154 Å². The van der Waals surface area contributed by atoms with Gasteiger partial charge < -0.3 is 4.74 Å². The lowest BCUT2D eigenvalue weighted by atomic mass is 10.2. The summed E-state index contributed by atoms with van der Waals surface area (Å²) in [6, 6.07) is 14.9. The Morgan fingerprint density at radius 2 is 1.96 bits per heavy atom. The average Bonchev–Trinajstić information content (AvgIpc) is 3.09. The zero-order valence-corrected chi connectivity index (χ0v) is 15.0. The number of nitrogens with one attached hydrogen (secondary N) is 1. The fourth-order valence-corrected chi connectivity index (χ4v) is 3.07. The molecule has 4 nitrogen and oxygen atoms in total. The maximum absolute atomic E-state index is 12.0. The van der Waals surface area contributed by atoms with Crippen LogP contribution in [0.5, 0.6) is 5.75 Å². The predicted molar refractivity (Wildman–Crippen MR) is 103 cm³/mol. The van der Waals surface area contributed by atoms with Crippen molar-refractivity contribution in [3.8, 4) is 17.0 Å². The van der Waals surface area contributed by atoms with Gasteiger partial charge in [-0.3, -0.25) is 10.1 Å². The van der Waals surface area contributed by atoms with E-state index in [0.29, 0.717) is 10.2 Å². The van der Waals surface area contributed by atoms with Gasteiger partial charge in [0.1, 0.15) is 5.75 Å². The second kappa shape index (κ2) is 7.96. The molecule has 0 radical (unpaired) electrons. The van der Waals surface area contributed by atoms with Crippen molar-refractivity contribution in [1.29, 1.82) is 0 Å². The summed E-state index contributed by atoms with van der Waals surface area (Å²) >= 11 is 7.43. The predicted octanol–water partition coefficient (Wildman–Crippen LogP) is 5.12. The molecule has 1 aromatic heterocycles. The molecule has 3 aromatic rings. The zero-order valence-electron chi connectivity index (χ0n) is 13.4. The van der Waals surface area contributed by atoms with Crippen LogP contribution in [0.15, 0.2) is 60.0 Å². The third-order valence-electron chi connectivity index (χ3n) is 3.44. The number of rotatable bonds is 5. The monoisotopic (exact) mass is 370 g/mol. The Morgan fingerprint density at radius 1 is 1.20 bits per heavy atom. The van der Waals surface area contributed by atoms with Crippen molar-refractivity contribution < 1.29 is 9.53 Å². The van der Waals surface area contributed by atoms with Crippen LogP contribution >= 0.6 is 22.9 Å². The Kier molecular flexibility index (Phi) is 5.48. The van der Waals surface area contributed by atoms with Crippen molar-refractivity contribution in [1.82, 2.24) is 4.98 Å². The summed E-state index contributed by atoms with van der Waals surface area (Å²) in [5.41, 5.74) is 2.56. The van der Waals surface area contributed by atoms with Crippen molar-refractivity contribution in [2.24, 2.45) is 0 Å². The van der Waals surface area contributed by atoms with E-state index in [9.17, 15) is 4.79 Å². The van der Waals surface area contributed by atoms with E-state index in [2.05, 4.69) is 10.3 Å². The third kappa shape index (κ3) is 4.47. The van der Waals surface area contributed by atoms with Crippen LogP contribution in [-0.4, -0.2) is 18.0 Å². The zero-order chi connectivity index (χ0) is 17.6. The topological polar surface area (TPSA) is 51.2 Å². The summed E-state index contributed by atoms with van der Waals surface area (Å²) in [5, 5.41) is 5.80. The summed E-state index contributed by atoms with van der Waals surface area (Å²) in [4.78, 5) is 16.5. The minimum absolute atomic E-state index is 0.254. The lowest BCUT2D eigenvalue weighted by Crippen LogP contribution is -2.07. The number of nitrogens with zero attached hydrogens (tertiary/aromatic N) is 1. The van der Waals surface area contributed by atoms with Gasteiger partial charge in [0.15, 0.2) is 5.13 Å². The number of aromatic nitrogens is 1. The quantitative estimate of drug-likeness (QED) is 0.634. The highest BCUT2D eigenvalue weighted by molar-refractivity contribution is 7.14. The lowest BCUT2D eigenvalue weighted by molar-refractivity contribution is -0.111. The van der Waals surface area contributed by atoms with E-state index in [1.165, 1.54) is 17.4 Å². The van der Waals surface area contributed by atoms with E-state index in [4.69, 9.17) is 16.3 Å². The highest BCUT2D eigenvalue weighted by Crippen LogP contribution is 2.26. The molecule has 0 bridgehead atoms. The number of amides is 1. The van der Waals surface area contributed by atoms with Gasteiger partial charge in [0.2, 0.25) is 5.91 Å². The van der Waals surface area contributed by atoms with Gasteiger partial charge in [0, 0.05) is 22.0 Å². The minimum Gasteiger partial charge on any atom is -0.497 e. The number of benzene rings is 2. The molecule has 0 atom stereocenters. The first-order chi connectivity index (χ1) is 12.2. The highest BCUT2D eigenvalue weighted by Gasteiger charge is 2.07. The fraction of sp³-hybridized carbons (Fsp3) is 0.0526. The van der Waals surface area contributed by atoms with Crippen molar-refractivity contribution in [2.75, 3.05) is 12.4 Å². The third-order valence-corrected chi connectivity index (χ3v) is 4.54. The van der Waals surface area contributed by atoms with Gasteiger partial charge >= 0.3 is 0 Å². The number of halogens is 1.